The highest BCUT2D eigenvalue weighted by atomic mass is 16.5. The molecular formula is C16H21NO4. The highest BCUT2D eigenvalue weighted by molar-refractivity contribution is 6.05. The Labute approximate surface area is 124 Å². The molecule has 0 saturated heterocycles. The number of ketones is 2. The number of carbonyl (C=O) groups is 3. The van der Waals surface area contributed by atoms with Crippen LogP contribution in [0.5, 0.6) is 0 Å². The van der Waals surface area contributed by atoms with Crippen LogP contribution in [-0.4, -0.2) is 28.6 Å². The second-order valence-corrected chi connectivity index (χ2v) is 5.94. The number of nitrogens with one attached hydrogen (secondary N) is 1. The normalized spacial score (nSPS) is 21.8. The van der Waals surface area contributed by atoms with Crippen LogP contribution in [0.1, 0.15) is 59.3 Å². The zero-order chi connectivity index (χ0) is 15.9. The molecule has 1 aromatic heterocycles. The van der Waals surface area contributed by atoms with Crippen LogP contribution in [0.3, 0.4) is 0 Å². The molecule has 1 aliphatic rings. The molecule has 21 heavy (non-hydrogen) atoms. The Hall–Kier alpha value is -1.91. The number of carbonyl (C=O) groups excluding carboxylic acids is 3. The van der Waals surface area contributed by atoms with Crippen LogP contribution < -0.4 is 0 Å². The molecule has 5 heteroatoms. The minimum atomic E-state index is -0.846. The van der Waals surface area contributed by atoms with E-state index >= 15 is 0 Å². The minimum absolute atomic E-state index is 0.0699. The number of Topliss-reactive ketones (excluding diaryl/α,β-unsaturated/α-hetero) is 2. The summed E-state index contributed by atoms with van der Waals surface area (Å²) in [6.45, 7) is 8.50. The highest BCUT2D eigenvalue weighted by Crippen LogP contribution is 2.39. The van der Waals surface area contributed by atoms with Crippen molar-refractivity contribution in [3.05, 3.63) is 22.5 Å². The van der Waals surface area contributed by atoms with Crippen molar-refractivity contribution in [1.29, 1.82) is 0 Å². The monoisotopic (exact) mass is 291 g/mol. The molecule has 5 nitrogen and oxygen atoms in total. The van der Waals surface area contributed by atoms with E-state index < -0.39 is 6.10 Å². The molecule has 1 fully saturated rings. The van der Waals surface area contributed by atoms with Crippen LogP contribution in [0.2, 0.25) is 0 Å². The second kappa shape index (κ2) is 5.47. The molecule has 0 aromatic carbocycles. The van der Waals surface area contributed by atoms with Gasteiger partial charge in [0.1, 0.15) is 0 Å². The number of aryl methyl sites for hydroxylation is 1. The Bertz CT molecular complexity index is 614. The summed E-state index contributed by atoms with van der Waals surface area (Å²) in [6.07, 6.45) is -0.0173. The number of hydrogen-bond acceptors (Lipinski definition) is 4. The first-order chi connectivity index (χ1) is 9.73. The third-order valence-corrected chi connectivity index (χ3v) is 4.11. The van der Waals surface area contributed by atoms with E-state index in [4.69, 9.17) is 4.74 Å². The molecule has 1 aliphatic carbocycles. The molecule has 0 radical (unpaired) electrons. The third-order valence-electron chi connectivity index (χ3n) is 4.11. The fraction of sp³-hybridized carbons (Fsp3) is 0.562. The predicted octanol–water partition coefficient (Wildman–Crippen LogP) is 2.60. The van der Waals surface area contributed by atoms with Gasteiger partial charge in [-0.15, -0.1) is 0 Å². The Morgan fingerprint density at radius 2 is 1.86 bits per heavy atom. The van der Waals surface area contributed by atoms with Gasteiger partial charge in [-0.3, -0.25) is 14.4 Å². The van der Waals surface area contributed by atoms with E-state index in [0.29, 0.717) is 28.4 Å². The Balaban J connectivity index is 2.14. The highest BCUT2D eigenvalue weighted by Gasteiger charge is 2.41. The van der Waals surface area contributed by atoms with Crippen molar-refractivity contribution >= 4 is 17.5 Å². The van der Waals surface area contributed by atoms with Crippen LogP contribution in [0, 0.1) is 25.7 Å². The Kier molecular flexibility index (Phi) is 4.03. The summed E-state index contributed by atoms with van der Waals surface area (Å²) < 4.78 is 5.23. The standard InChI is InChI=1S/C16H21NO4/c1-7-6-12(7)16(20)21-11(5)15(19)14-8(2)13(10(4)18)9(3)17-14/h7,11-12,17H,6H2,1-5H3/t7-,11+,12+/m0/s1. The first kappa shape index (κ1) is 15.5. The Morgan fingerprint density at radius 1 is 1.29 bits per heavy atom. The molecule has 0 bridgehead atoms. The summed E-state index contributed by atoms with van der Waals surface area (Å²) in [6, 6.07) is 0. The van der Waals surface area contributed by atoms with Crippen LogP contribution >= 0.6 is 0 Å². The number of aromatic amines is 1. The summed E-state index contributed by atoms with van der Waals surface area (Å²) in [5.41, 5.74) is 2.17. The molecule has 3 atom stereocenters. The zero-order valence-electron chi connectivity index (χ0n) is 13.1. The van der Waals surface area contributed by atoms with Crippen molar-refractivity contribution in [1.82, 2.24) is 4.98 Å². The summed E-state index contributed by atoms with van der Waals surface area (Å²) >= 11 is 0. The minimum Gasteiger partial charge on any atom is -0.454 e. The van der Waals surface area contributed by atoms with Gasteiger partial charge in [0.05, 0.1) is 11.6 Å². The molecule has 0 spiro atoms. The molecule has 0 amide bonds. The van der Waals surface area contributed by atoms with Gasteiger partial charge >= 0.3 is 5.97 Å². The van der Waals surface area contributed by atoms with E-state index in [2.05, 4.69) is 4.98 Å². The summed E-state index contributed by atoms with van der Waals surface area (Å²) in [5.74, 6) is -0.421. The average Bonchev–Trinajstić information content (AvgIpc) is 3.03. The maximum Gasteiger partial charge on any atom is 0.309 e. The van der Waals surface area contributed by atoms with Crippen molar-refractivity contribution in [3.8, 4) is 0 Å². The lowest BCUT2D eigenvalue weighted by Crippen LogP contribution is -2.26. The molecule has 0 aliphatic heterocycles. The maximum absolute atomic E-state index is 12.4. The molecule has 1 aromatic rings. The third kappa shape index (κ3) is 2.91. The summed E-state index contributed by atoms with van der Waals surface area (Å²) in [5, 5.41) is 0. The zero-order valence-corrected chi connectivity index (χ0v) is 13.1. The van der Waals surface area contributed by atoms with Crippen molar-refractivity contribution in [3.63, 3.8) is 0 Å². The van der Waals surface area contributed by atoms with Gasteiger partial charge in [-0.2, -0.15) is 0 Å². The average molecular weight is 291 g/mol. The van der Waals surface area contributed by atoms with E-state index in [9.17, 15) is 14.4 Å². The smallest absolute Gasteiger partial charge is 0.309 e. The number of ether oxygens (including phenoxy) is 1. The lowest BCUT2D eigenvalue weighted by molar-refractivity contribution is -0.148. The molecule has 1 saturated carbocycles. The quantitative estimate of drug-likeness (QED) is 0.668. The van der Waals surface area contributed by atoms with Crippen molar-refractivity contribution < 1.29 is 19.1 Å². The molecule has 0 unspecified atom stereocenters. The summed E-state index contributed by atoms with van der Waals surface area (Å²) in [7, 11) is 0. The van der Waals surface area contributed by atoms with Gasteiger partial charge in [0, 0.05) is 11.3 Å². The number of aromatic nitrogens is 1. The van der Waals surface area contributed by atoms with Gasteiger partial charge in [-0.1, -0.05) is 6.92 Å². The molecule has 2 rings (SSSR count). The van der Waals surface area contributed by atoms with E-state index in [0.717, 1.165) is 6.42 Å². The van der Waals surface area contributed by atoms with Crippen molar-refractivity contribution in [2.24, 2.45) is 11.8 Å². The van der Waals surface area contributed by atoms with E-state index in [-0.39, 0.29) is 23.5 Å². The van der Waals surface area contributed by atoms with Crippen LogP contribution in [0.4, 0.5) is 0 Å². The predicted molar refractivity (Wildman–Crippen MR) is 77.4 cm³/mol. The largest absolute Gasteiger partial charge is 0.454 e. The lowest BCUT2D eigenvalue weighted by Gasteiger charge is -2.12. The first-order valence-corrected chi connectivity index (χ1v) is 7.18. The van der Waals surface area contributed by atoms with Crippen LogP contribution in [0.15, 0.2) is 0 Å². The number of rotatable bonds is 5. The fourth-order valence-corrected chi connectivity index (χ4v) is 2.69. The van der Waals surface area contributed by atoms with Crippen molar-refractivity contribution in [2.45, 2.75) is 47.1 Å². The van der Waals surface area contributed by atoms with Crippen LogP contribution in [-0.2, 0) is 9.53 Å². The van der Waals surface area contributed by atoms with Gasteiger partial charge in [0.25, 0.3) is 0 Å². The molecular weight excluding hydrogens is 270 g/mol. The lowest BCUT2D eigenvalue weighted by atomic mass is 10.0. The second-order valence-electron chi connectivity index (χ2n) is 5.94. The van der Waals surface area contributed by atoms with Gasteiger partial charge in [0.15, 0.2) is 11.9 Å². The van der Waals surface area contributed by atoms with Crippen molar-refractivity contribution in [2.75, 3.05) is 0 Å². The topological polar surface area (TPSA) is 76.2 Å². The SMILES string of the molecule is CC(=O)c1c(C)[nH]c(C(=O)[C@@H](C)OC(=O)[C@@H]2C[C@@H]2C)c1C. The number of esters is 1. The Morgan fingerprint density at radius 3 is 2.29 bits per heavy atom. The fourth-order valence-electron chi connectivity index (χ4n) is 2.69. The maximum atomic E-state index is 12.4. The van der Waals surface area contributed by atoms with Gasteiger partial charge in [-0.05, 0) is 45.6 Å². The van der Waals surface area contributed by atoms with Gasteiger partial charge < -0.3 is 9.72 Å². The van der Waals surface area contributed by atoms with Gasteiger partial charge in [0.2, 0.25) is 5.78 Å². The van der Waals surface area contributed by atoms with E-state index in [1.54, 1.807) is 20.8 Å². The molecule has 1 N–H and O–H groups in total. The first-order valence-electron chi connectivity index (χ1n) is 7.18. The van der Waals surface area contributed by atoms with Crippen LogP contribution in [0.25, 0.3) is 0 Å². The summed E-state index contributed by atoms with van der Waals surface area (Å²) in [4.78, 5) is 38.7. The van der Waals surface area contributed by atoms with E-state index in [1.165, 1.54) is 6.92 Å². The number of hydrogen-bond donors (Lipinski definition) is 1. The molecule has 114 valence electrons. The number of H-pyrrole nitrogens is 1. The molecule has 1 heterocycles. The van der Waals surface area contributed by atoms with E-state index in [1.807, 2.05) is 6.92 Å². The van der Waals surface area contributed by atoms with Gasteiger partial charge in [-0.25, -0.2) is 0 Å².